The first-order valence-electron chi connectivity index (χ1n) is 5.09. The number of piperidine rings is 1. The Morgan fingerprint density at radius 1 is 1.17 bits per heavy atom. The van der Waals surface area contributed by atoms with Crippen molar-refractivity contribution < 1.29 is 0 Å². The van der Waals surface area contributed by atoms with Crippen molar-refractivity contribution >= 4 is 0 Å². The van der Waals surface area contributed by atoms with Gasteiger partial charge in [0.25, 0.3) is 0 Å². The van der Waals surface area contributed by atoms with Crippen molar-refractivity contribution in [1.29, 1.82) is 0 Å². The Bertz CT molecular complexity index is 135. The minimum absolute atomic E-state index is 0.0968. The molecule has 1 fully saturated rings. The van der Waals surface area contributed by atoms with Crippen molar-refractivity contribution in [2.24, 2.45) is 11.7 Å². The second-order valence-corrected chi connectivity index (χ2v) is 4.43. The number of rotatable bonds is 2. The normalized spacial score (nSPS) is 25.8. The van der Waals surface area contributed by atoms with E-state index >= 15 is 0 Å². The van der Waals surface area contributed by atoms with Crippen molar-refractivity contribution in [1.82, 2.24) is 4.90 Å². The van der Waals surface area contributed by atoms with Crippen LogP contribution < -0.4 is 5.73 Å². The van der Waals surface area contributed by atoms with E-state index in [4.69, 9.17) is 5.73 Å². The zero-order valence-electron chi connectivity index (χ0n) is 8.64. The lowest BCUT2D eigenvalue weighted by Crippen LogP contribution is -2.58. The van der Waals surface area contributed by atoms with Gasteiger partial charge in [-0.3, -0.25) is 4.90 Å². The van der Waals surface area contributed by atoms with Gasteiger partial charge in [0.05, 0.1) is 5.66 Å². The van der Waals surface area contributed by atoms with Gasteiger partial charge in [0.15, 0.2) is 0 Å². The molecule has 2 heteroatoms. The molecular formula is C10H22N2. The average molecular weight is 170 g/mol. The van der Waals surface area contributed by atoms with E-state index in [0.29, 0.717) is 5.92 Å². The smallest absolute Gasteiger partial charge is 0.0681 e. The monoisotopic (exact) mass is 170 g/mol. The van der Waals surface area contributed by atoms with E-state index in [0.717, 1.165) is 0 Å². The van der Waals surface area contributed by atoms with Crippen LogP contribution in [-0.2, 0) is 0 Å². The summed E-state index contributed by atoms with van der Waals surface area (Å²) in [5.41, 5.74) is 6.16. The van der Waals surface area contributed by atoms with Crippen molar-refractivity contribution in [3.8, 4) is 0 Å². The molecule has 0 bridgehead atoms. The molecule has 0 aliphatic carbocycles. The molecule has 12 heavy (non-hydrogen) atoms. The van der Waals surface area contributed by atoms with Crippen molar-refractivity contribution in [2.45, 2.75) is 45.7 Å². The summed E-state index contributed by atoms with van der Waals surface area (Å²) in [6, 6.07) is 0. The Labute approximate surface area is 76.1 Å². The molecule has 0 amide bonds. The van der Waals surface area contributed by atoms with Crippen LogP contribution in [0.3, 0.4) is 0 Å². The highest BCUT2D eigenvalue weighted by Crippen LogP contribution is 2.22. The van der Waals surface area contributed by atoms with Crippen LogP contribution in [0.4, 0.5) is 0 Å². The number of hydrogen-bond acceptors (Lipinski definition) is 2. The van der Waals surface area contributed by atoms with E-state index in [1.165, 1.54) is 32.4 Å². The molecule has 1 atom stereocenters. The molecule has 1 aliphatic heterocycles. The molecular weight excluding hydrogens is 148 g/mol. The maximum absolute atomic E-state index is 6.26. The SMILES string of the molecule is CC(C)[C@@](C)(N)N1CCCCC1. The van der Waals surface area contributed by atoms with Crippen LogP contribution in [0.25, 0.3) is 0 Å². The predicted molar refractivity (Wildman–Crippen MR) is 52.9 cm³/mol. The van der Waals surface area contributed by atoms with Gasteiger partial charge in [-0.25, -0.2) is 0 Å². The molecule has 1 rings (SSSR count). The van der Waals surface area contributed by atoms with Gasteiger partial charge in [-0.15, -0.1) is 0 Å². The van der Waals surface area contributed by atoms with Gasteiger partial charge in [-0.2, -0.15) is 0 Å². The lowest BCUT2D eigenvalue weighted by molar-refractivity contribution is 0.0474. The molecule has 0 aromatic rings. The number of likely N-dealkylation sites (tertiary alicyclic amines) is 1. The summed E-state index contributed by atoms with van der Waals surface area (Å²) < 4.78 is 0. The molecule has 0 radical (unpaired) electrons. The van der Waals surface area contributed by atoms with Crippen molar-refractivity contribution in [2.75, 3.05) is 13.1 Å². The van der Waals surface area contributed by atoms with Gasteiger partial charge >= 0.3 is 0 Å². The van der Waals surface area contributed by atoms with E-state index < -0.39 is 0 Å². The first kappa shape index (κ1) is 10.0. The van der Waals surface area contributed by atoms with Gasteiger partial charge in [0.2, 0.25) is 0 Å². The number of hydrogen-bond donors (Lipinski definition) is 1. The standard InChI is InChI=1S/C10H22N2/c1-9(2)10(3,11)12-7-5-4-6-8-12/h9H,4-8,11H2,1-3H3/t10-/m0/s1. The van der Waals surface area contributed by atoms with Crippen LogP contribution in [0.15, 0.2) is 0 Å². The van der Waals surface area contributed by atoms with Crippen molar-refractivity contribution in [3.63, 3.8) is 0 Å². The third-order valence-electron chi connectivity index (χ3n) is 3.21. The first-order valence-corrected chi connectivity index (χ1v) is 5.09. The molecule has 0 aromatic heterocycles. The summed E-state index contributed by atoms with van der Waals surface area (Å²) in [5.74, 6) is 0.538. The highest BCUT2D eigenvalue weighted by Gasteiger charge is 2.31. The summed E-state index contributed by atoms with van der Waals surface area (Å²) in [5, 5.41) is 0. The molecule has 2 N–H and O–H groups in total. The van der Waals surface area contributed by atoms with Crippen LogP contribution in [-0.4, -0.2) is 23.7 Å². The highest BCUT2D eigenvalue weighted by atomic mass is 15.3. The van der Waals surface area contributed by atoms with Crippen LogP contribution >= 0.6 is 0 Å². The molecule has 1 saturated heterocycles. The van der Waals surface area contributed by atoms with Crippen LogP contribution in [0, 0.1) is 5.92 Å². The topological polar surface area (TPSA) is 29.3 Å². The Balaban J connectivity index is 2.53. The quantitative estimate of drug-likeness (QED) is 0.684. The fraction of sp³-hybridized carbons (Fsp3) is 1.00. The van der Waals surface area contributed by atoms with Crippen LogP contribution in [0.1, 0.15) is 40.0 Å². The summed E-state index contributed by atoms with van der Waals surface area (Å²) >= 11 is 0. The zero-order valence-corrected chi connectivity index (χ0v) is 8.64. The summed E-state index contributed by atoms with van der Waals surface area (Å²) in [4.78, 5) is 2.43. The number of nitrogens with two attached hydrogens (primary N) is 1. The molecule has 1 aliphatic rings. The van der Waals surface area contributed by atoms with Gasteiger partial charge in [0.1, 0.15) is 0 Å². The van der Waals surface area contributed by atoms with Gasteiger partial charge in [-0.1, -0.05) is 20.3 Å². The molecule has 0 spiro atoms. The van der Waals surface area contributed by atoms with Gasteiger partial charge in [-0.05, 0) is 38.8 Å². The second-order valence-electron chi connectivity index (χ2n) is 4.43. The van der Waals surface area contributed by atoms with Gasteiger partial charge < -0.3 is 5.73 Å². The minimum atomic E-state index is -0.0968. The minimum Gasteiger partial charge on any atom is -0.313 e. The Morgan fingerprint density at radius 2 is 1.67 bits per heavy atom. The fourth-order valence-corrected chi connectivity index (χ4v) is 1.74. The lowest BCUT2D eigenvalue weighted by Gasteiger charge is -2.43. The lowest BCUT2D eigenvalue weighted by atomic mass is 9.94. The van der Waals surface area contributed by atoms with E-state index in [1.807, 2.05) is 0 Å². The highest BCUT2D eigenvalue weighted by molar-refractivity contribution is 4.84. The van der Waals surface area contributed by atoms with E-state index in [-0.39, 0.29) is 5.66 Å². The zero-order chi connectivity index (χ0) is 9.19. The largest absolute Gasteiger partial charge is 0.313 e. The summed E-state index contributed by atoms with van der Waals surface area (Å²) in [6.45, 7) is 8.93. The Kier molecular flexibility index (Phi) is 3.13. The van der Waals surface area contributed by atoms with E-state index in [2.05, 4.69) is 25.7 Å². The predicted octanol–water partition coefficient (Wildman–Crippen LogP) is 1.80. The summed E-state index contributed by atoms with van der Waals surface area (Å²) in [7, 11) is 0. The molecule has 0 unspecified atom stereocenters. The first-order chi connectivity index (χ1) is 5.55. The van der Waals surface area contributed by atoms with Crippen LogP contribution in [0.2, 0.25) is 0 Å². The Hall–Kier alpha value is -0.0800. The van der Waals surface area contributed by atoms with E-state index in [9.17, 15) is 0 Å². The second kappa shape index (κ2) is 3.75. The summed E-state index contributed by atoms with van der Waals surface area (Å²) in [6.07, 6.45) is 4.02. The van der Waals surface area contributed by atoms with E-state index in [1.54, 1.807) is 0 Å². The maximum atomic E-state index is 6.26. The molecule has 72 valence electrons. The molecule has 0 saturated carbocycles. The molecule has 1 heterocycles. The maximum Gasteiger partial charge on any atom is 0.0681 e. The fourth-order valence-electron chi connectivity index (χ4n) is 1.74. The number of nitrogens with zero attached hydrogens (tertiary/aromatic N) is 1. The third-order valence-corrected chi connectivity index (χ3v) is 3.21. The van der Waals surface area contributed by atoms with Crippen molar-refractivity contribution in [3.05, 3.63) is 0 Å². The average Bonchev–Trinajstić information content (AvgIpc) is 2.06. The van der Waals surface area contributed by atoms with Gasteiger partial charge in [0, 0.05) is 0 Å². The third kappa shape index (κ3) is 1.99. The molecule has 0 aromatic carbocycles. The van der Waals surface area contributed by atoms with Crippen LogP contribution in [0.5, 0.6) is 0 Å². The Morgan fingerprint density at radius 3 is 2.08 bits per heavy atom. The molecule has 2 nitrogen and oxygen atoms in total.